The van der Waals surface area contributed by atoms with E-state index in [1.165, 1.54) is 0 Å². The number of halogens is 1. The Morgan fingerprint density at radius 2 is 2.35 bits per heavy atom. The van der Waals surface area contributed by atoms with Gasteiger partial charge in [-0.05, 0) is 42.1 Å². The normalized spacial score (nSPS) is 20.5. The molecule has 17 heavy (non-hydrogen) atoms. The van der Waals surface area contributed by atoms with Crippen molar-refractivity contribution in [1.82, 2.24) is 9.78 Å². The predicted molar refractivity (Wildman–Crippen MR) is 67.9 cm³/mol. The summed E-state index contributed by atoms with van der Waals surface area (Å²) in [4.78, 5) is 12.1. The molecule has 1 aromatic heterocycles. The zero-order valence-corrected chi connectivity index (χ0v) is 11.8. The molecule has 1 unspecified atom stereocenters. The first-order chi connectivity index (χ1) is 8.09. The third kappa shape index (κ3) is 2.77. The Hall–Kier alpha value is -0.680. The Morgan fingerprint density at radius 3 is 2.88 bits per heavy atom. The minimum atomic E-state index is -0.217. The molecule has 1 aliphatic rings. The highest BCUT2D eigenvalue weighted by molar-refractivity contribution is 9.10. The molecule has 1 aliphatic heterocycles. The van der Waals surface area contributed by atoms with Crippen molar-refractivity contribution < 1.29 is 9.53 Å². The van der Waals surface area contributed by atoms with Crippen LogP contribution in [0.3, 0.4) is 0 Å². The monoisotopic (exact) mass is 300 g/mol. The first-order valence-corrected chi connectivity index (χ1v) is 6.71. The summed E-state index contributed by atoms with van der Waals surface area (Å²) in [6.45, 7) is 2.64. The van der Waals surface area contributed by atoms with Crippen LogP contribution in [0.4, 0.5) is 0 Å². The van der Waals surface area contributed by atoms with Crippen molar-refractivity contribution in [3.05, 3.63) is 15.9 Å². The van der Waals surface area contributed by atoms with Crippen LogP contribution in [0.2, 0.25) is 0 Å². The molecular formula is C12H17BrN2O2. The summed E-state index contributed by atoms with van der Waals surface area (Å²) in [5.41, 5.74) is 1.85. The molecule has 5 heteroatoms. The first-order valence-electron chi connectivity index (χ1n) is 5.92. The third-order valence-corrected chi connectivity index (χ3v) is 4.17. The molecule has 2 rings (SSSR count). The highest BCUT2D eigenvalue weighted by Gasteiger charge is 2.24. The first kappa shape index (κ1) is 12.8. The van der Waals surface area contributed by atoms with Gasteiger partial charge in [0.2, 0.25) is 0 Å². The second-order valence-electron chi connectivity index (χ2n) is 4.47. The van der Waals surface area contributed by atoms with E-state index in [1.807, 2.05) is 14.0 Å². The van der Waals surface area contributed by atoms with Crippen molar-refractivity contribution in [2.75, 3.05) is 6.61 Å². The van der Waals surface area contributed by atoms with Gasteiger partial charge < -0.3 is 4.74 Å². The van der Waals surface area contributed by atoms with Gasteiger partial charge in [0.05, 0.1) is 22.3 Å². The molecule has 94 valence electrons. The number of hydrogen-bond acceptors (Lipinski definition) is 3. The Bertz CT molecular complexity index is 422. The molecule has 1 fully saturated rings. The van der Waals surface area contributed by atoms with Gasteiger partial charge in [0.1, 0.15) is 6.10 Å². The summed E-state index contributed by atoms with van der Waals surface area (Å²) in [6.07, 6.45) is 3.18. The Kier molecular flexibility index (Phi) is 3.99. The van der Waals surface area contributed by atoms with E-state index < -0.39 is 0 Å². The smallest absolute Gasteiger partial charge is 0.167 e. The van der Waals surface area contributed by atoms with Gasteiger partial charge in [0, 0.05) is 13.7 Å². The third-order valence-electron chi connectivity index (χ3n) is 3.14. The van der Waals surface area contributed by atoms with Crippen LogP contribution in [0.1, 0.15) is 30.7 Å². The molecule has 0 radical (unpaired) electrons. The Labute approximate surface area is 109 Å². The average Bonchev–Trinajstić information content (AvgIpc) is 2.57. The van der Waals surface area contributed by atoms with E-state index in [1.54, 1.807) is 4.68 Å². The van der Waals surface area contributed by atoms with Gasteiger partial charge in [0.15, 0.2) is 5.78 Å². The van der Waals surface area contributed by atoms with Gasteiger partial charge in [0.25, 0.3) is 0 Å². The lowest BCUT2D eigenvalue weighted by molar-refractivity contribution is -0.132. The molecule has 0 amide bonds. The number of Topliss-reactive ketones (excluding diaryl/α,β-unsaturated/α-hetero) is 1. The zero-order valence-electron chi connectivity index (χ0n) is 10.2. The van der Waals surface area contributed by atoms with E-state index in [4.69, 9.17) is 4.74 Å². The lowest BCUT2D eigenvalue weighted by atomic mass is 10.0. The fourth-order valence-electron chi connectivity index (χ4n) is 2.15. The van der Waals surface area contributed by atoms with Gasteiger partial charge in [-0.3, -0.25) is 9.48 Å². The molecule has 1 atom stereocenters. The summed E-state index contributed by atoms with van der Waals surface area (Å²) in [7, 11) is 1.86. The van der Waals surface area contributed by atoms with Crippen LogP contribution >= 0.6 is 15.9 Å². The molecule has 1 aromatic rings. The number of nitrogens with zero attached hydrogens (tertiary/aromatic N) is 2. The number of aryl methyl sites for hydroxylation is 2. The predicted octanol–water partition coefficient (Wildman–Crippen LogP) is 2.17. The molecule has 0 saturated carbocycles. The van der Waals surface area contributed by atoms with Crippen LogP contribution in [0.15, 0.2) is 4.47 Å². The molecule has 0 bridgehead atoms. The fraction of sp³-hybridized carbons (Fsp3) is 0.667. The lowest BCUT2D eigenvalue weighted by Gasteiger charge is -2.21. The van der Waals surface area contributed by atoms with Gasteiger partial charge in [-0.25, -0.2) is 0 Å². The van der Waals surface area contributed by atoms with Crippen molar-refractivity contribution in [2.45, 2.75) is 38.7 Å². The standard InChI is InChI=1S/C12H17BrN2O2/c1-8-12(13)9(15(2)14-8)7-10(16)11-5-3-4-6-17-11/h11H,3-7H2,1-2H3. The fourth-order valence-corrected chi connectivity index (χ4v) is 2.62. The summed E-state index contributed by atoms with van der Waals surface area (Å²) >= 11 is 3.48. The second-order valence-corrected chi connectivity index (χ2v) is 5.26. The van der Waals surface area contributed by atoms with E-state index in [0.717, 1.165) is 35.1 Å². The molecule has 1 saturated heterocycles. The number of ketones is 1. The topological polar surface area (TPSA) is 44.1 Å². The van der Waals surface area contributed by atoms with Gasteiger partial charge >= 0.3 is 0 Å². The molecule has 0 N–H and O–H groups in total. The maximum absolute atomic E-state index is 12.1. The molecule has 4 nitrogen and oxygen atoms in total. The van der Waals surface area contributed by atoms with Crippen LogP contribution in [-0.4, -0.2) is 28.3 Å². The van der Waals surface area contributed by atoms with Crippen molar-refractivity contribution in [1.29, 1.82) is 0 Å². The van der Waals surface area contributed by atoms with Crippen molar-refractivity contribution >= 4 is 21.7 Å². The number of carbonyl (C=O) groups excluding carboxylic acids is 1. The van der Waals surface area contributed by atoms with Crippen LogP contribution in [0.5, 0.6) is 0 Å². The van der Waals surface area contributed by atoms with E-state index in [-0.39, 0.29) is 11.9 Å². The Balaban J connectivity index is 2.07. The van der Waals surface area contributed by atoms with Crippen molar-refractivity contribution in [3.8, 4) is 0 Å². The van der Waals surface area contributed by atoms with Crippen LogP contribution in [0.25, 0.3) is 0 Å². The van der Waals surface area contributed by atoms with Gasteiger partial charge in [-0.1, -0.05) is 0 Å². The largest absolute Gasteiger partial charge is 0.370 e. The molecule has 0 aromatic carbocycles. The van der Waals surface area contributed by atoms with E-state index >= 15 is 0 Å². The number of rotatable bonds is 3. The average molecular weight is 301 g/mol. The quantitative estimate of drug-likeness (QED) is 0.859. The molecular weight excluding hydrogens is 284 g/mol. The second kappa shape index (κ2) is 5.31. The molecule has 0 spiro atoms. The number of hydrogen-bond donors (Lipinski definition) is 0. The van der Waals surface area contributed by atoms with Crippen molar-refractivity contribution in [2.24, 2.45) is 7.05 Å². The van der Waals surface area contributed by atoms with E-state index in [9.17, 15) is 4.79 Å². The Morgan fingerprint density at radius 1 is 1.59 bits per heavy atom. The molecule has 0 aliphatic carbocycles. The summed E-state index contributed by atoms with van der Waals surface area (Å²) in [5.74, 6) is 0.161. The minimum Gasteiger partial charge on any atom is -0.370 e. The SMILES string of the molecule is Cc1nn(C)c(CC(=O)C2CCCCO2)c1Br. The minimum absolute atomic E-state index is 0.161. The van der Waals surface area contributed by atoms with Gasteiger partial charge in [-0.15, -0.1) is 0 Å². The van der Waals surface area contributed by atoms with Crippen molar-refractivity contribution in [3.63, 3.8) is 0 Å². The molecule has 2 heterocycles. The zero-order chi connectivity index (χ0) is 12.4. The summed E-state index contributed by atoms with van der Waals surface area (Å²) in [6, 6.07) is 0. The highest BCUT2D eigenvalue weighted by atomic mass is 79.9. The maximum atomic E-state index is 12.1. The van der Waals surface area contributed by atoms with E-state index in [0.29, 0.717) is 13.0 Å². The summed E-state index contributed by atoms with van der Waals surface area (Å²) in [5, 5.41) is 4.29. The van der Waals surface area contributed by atoms with Crippen LogP contribution < -0.4 is 0 Å². The number of ether oxygens (including phenoxy) is 1. The van der Waals surface area contributed by atoms with Gasteiger partial charge in [-0.2, -0.15) is 5.10 Å². The number of aromatic nitrogens is 2. The summed E-state index contributed by atoms with van der Waals surface area (Å²) < 4.78 is 8.20. The lowest BCUT2D eigenvalue weighted by Crippen LogP contribution is -2.30. The highest BCUT2D eigenvalue weighted by Crippen LogP contribution is 2.22. The van der Waals surface area contributed by atoms with Crippen LogP contribution in [0, 0.1) is 6.92 Å². The van der Waals surface area contributed by atoms with Crippen LogP contribution in [-0.2, 0) is 23.0 Å². The van der Waals surface area contributed by atoms with E-state index in [2.05, 4.69) is 21.0 Å². The maximum Gasteiger partial charge on any atom is 0.167 e. The number of carbonyl (C=O) groups is 1.